The van der Waals surface area contributed by atoms with Crippen LogP contribution in [-0.4, -0.2) is 15.4 Å². The second-order valence-electron chi connectivity index (χ2n) is 3.68. The van der Waals surface area contributed by atoms with Crippen molar-refractivity contribution in [2.45, 2.75) is 6.29 Å². The number of rotatable bonds is 5. The molecular weight excluding hydrogens is 250 g/mol. The fraction of sp³-hybridized carbons (Fsp3) is 0.0769. The molecule has 0 saturated carbocycles. The Kier molecular flexibility index (Phi) is 3.94. The fourth-order valence-electron chi connectivity index (χ4n) is 1.47. The summed E-state index contributed by atoms with van der Waals surface area (Å²) in [4.78, 5) is 14.3. The first-order chi connectivity index (χ1) is 9.15. The average molecular weight is 262 g/mol. The first-order valence-electron chi connectivity index (χ1n) is 5.49. The maximum atomic E-state index is 10.2. The molecule has 0 radical (unpaired) electrons. The van der Waals surface area contributed by atoms with Gasteiger partial charge in [-0.2, -0.15) is 0 Å². The molecule has 19 heavy (non-hydrogen) atoms. The Hall–Kier alpha value is -2.60. The highest BCUT2D eigenvalue weighted by molar-refractivity contribution is 5.33. The van der Waals surface area contributed by atoms with Crippen LogP contribution in [0.2, 0.25) is 0 Å². The Morgan fingerprint density at radius 2 is 1.53 bits per heavy atom. The normalized spacial score (nSPS) is 11.6. The van der Waals surface area contributed by atoms with Crippen LogP contribution in [0.1, 0.15) is 11.9 Å². The molecular formula is C13H12NO5+. The van der Waals surface area contributed by atoms with Crippen LogP contribution >= 0.6 is 0 Å². The minimum Gasteiger partial charge on any atom is -0.457 e. The van der Waals surface area contributed by atoms with Gasteiger partial charge in [0.25, 0.3) is 0 Å². The van der Waals surface area contributed by atoms with Gasteiger partial charge in [0.15, 0.2) is 0 Å². The molecule has 1 unspecified atom stereocenters. The summed E-state index contributed by atoms with van der Waals surface area (Å²) in [7, 11) is 0. The molecule has 2 aromatic rings. The van der Waals surface area contributed by atoms with Gasteiger partial charge in [0, 0.05) is 5.56 Å². The number of aliphatic hydroxyl groups excluding tert-OH is 1. The van der Waals surface area contributed by atoms with Crippen molar-refractivity contribution < 1.29 is 25.0 Å². The summed E-state index contributed by atoms with van der Waals surface area (Å²) in [5.41, 5.74) is 0.315. The van der Waals surface area contributed by atoms with Gasteiger partial charge in [-0.1, -0.05) is 18.2 Å². The smallest absolute Gasteiger partial charge is 0.457 e. The number of aliphatic hydroxyl groups is 1. The molecule has 0 aliphatic heterocycles. The number of hydrogen-bond acceptors (Lipinski definition) is 4. The van der Waals surface area contributed by atoms with Gasteiger partial charge in [-0.05, 0) is 36.4 Å². The van der Waals surface area contributed by atoms with E-state index in [-0.39, 0.29) is 0 Å². The van der Waals surface area contributed by atoms with E-state index in [9.17, 15) is 10.0 Å². The predicted molar refractivity (Wildman–Crippen MR) is 64.4 cm³/mol. The molecule has 0 aliphatic rings. The van der Waals surface area contributed by atoms with Crippen molar-refractivity contribution in [1.29, 1.82) is 0 Å². The molecule has 0 aliphatic carbocycles. The van der Waals surface area contributed by atoms with E-state index in [2.05, 4.69) is 4.84 Å². The molecule has 6 nitrogen and oxygen atoms in total. The van der Waals surface area contributed by atoms with Gasteiger partial charge >= 0.3 is 11.4 Å². The maximum absolute atomic E-state index is 10.2. The Morgan fingerprint density at radius 1 is 0.947 bits per heavy atom. The zero-order valence-corrected chi connectivity index (χ0v) is 9.84. The molecule has 1 atom stereocenters. The number of para-hydroxylation sites is 1. The van der Waals surface area contributed by atoms with Gasteiger partial charge in [-0.15, -0.1) is 4.84 Å². The molecule has 0 spiro atoms. The summed E-state index contributed by atoms with van der Waals surface area (Å²) in [5, 5.41) is 16.9. The number of hydrogen-bond donors (Lipinski definition) is 2. The van der Waals surface area contributed by atoms with Crippen molar-refractivity contribution in [2.24, 2.45) is 0 Å². The Bertz CT molecular complexity index is 541. The van der Waals surface area contributed by atoms with Crippen LogP contribution in [0.3, 0.4) is 0 Å². The van der Waals surface area contributed by atoms with Crippen LogP contribution < -0.4 is 4.74 Å². The summed E-state index contributed by atoms with van der Waals surface area (Å²) in [6, 6.07) is 15.5. The van der Waals surface area contributed by atoms with Gasteiger partial charge in [0.1, 0.15) is 16.4 Å². The van der Waals surface area contributed by atoms with Gasteiger partial charge in [0.2, 0.25) is 0 Å². The van der Waals surface area contributed by atoms with Gasteiger partial charge in [-0.3, -0.25) is 0 Å². The molecule has 0 heterocycles. The SMILES string of the molecule is O=[N+](O)OC(O)c1ccc(Oc2ccccc2)cc1. The summed E-state index contributed by atoms with van der Waals surface area (Å²) in [6.07, 6.45) is -1.53. The van der Waals surface area contributed by atoms with Crippen molar-refractivity contribution in [2.75, 3.05) is 0 Å². The first kappa shape index (κ1) is 12.8. The van der Waals surface area contributed by atoms with Gasteiger partial charge in [-0.25, -0.2) is 5.21 Å². The topological polar surface area (TPSA) is 79.0 Å². The largest absolute Gasteiger partial charge is 0.478 e. The Labute approximate surface area is 108 Å². The highest BCUT2D eigenvalue weighted by Crippen LogP contribution is 2.23. The second-order valence-corrected chi connectivity index (χ2v) is 3.68. The summed E-state index contributed by atoms with van der Waals surface area (Å²) in [6.45, 7) is 0. The predicted octanol–water partition coefficient (Wildman–Crippen LogP) is 2.57. The third kappa shape index (κ3) is 3.68. The highest BCUT2D eigenvalue weighted by Gasteiger charge is 2.18. The summed E-state index contributed by atoms with van der Waals surface area (Å²) in [5.74, 6) is 1.26. The monoisotopic (exact) mass is 262 g/mol. The molecule has 6 heteroatoms. The third-order valence-corrected chi connectivity index (χ3v) is 2.33. The van der Waals surface area contributed by atoms with Crippen molar-refractivity contribution in [3.8, 4) is 11.5 Å². The molecule has 0 saturated heterocycles. The molecule has 0 amide bonds. The van der Waals surface area contributed by atoms with E-state index < -0.39 is 11.4 Å². The Morgan fingerprint density at radius 3 is 2.11 bits per heavy atom. The van der Waals surface area contributed by atoms with E-state index in [1.165, 1.54) is 12.1 Å². The quantitative estimate of drug-likeness (QED) is 0.639. The zero-order chi connectivity index (χ0) is 13.7. The molecule has 0 fully saturated rings. The lowest BCUT2D eigenvalue weighted by molar-refractivity contribution is -0.988. The first-order valence-corrected chi connectivity index (χ1v) is 5.49. The summed E-state index contributed by atoms with van der Waals surface area (Å²) >= 11 is 0. The third-order valence-electron chi connectivity index (χ3n) is 2.33. The van der Waals surface area contributed by atoms with E-state index >= 15 is 0 Å². The minimum absolute atomic E-state index is 0.315. The van der Waals surface area contributed by atoms with Crippen LogP contribution in [0, 0.1) is 4.91 Å². The molecule has 98 valence electrons. The molecule has 2 aromatic carbocycles. The fourth-order valence-corrected chi connectivity index (χ4v) is 1.47. The summed E-state index contributed by atoms with van der Waals surface area (Å²) < 4.78 is 5.55. The van der Waals surface area contributed by atoms with Crippen LogP contribution in [0.25, 0.3) is 0 Å². The van der Waals surface area contributed by atoms with Crippen molar-refractivity contribution in [3.05, 3.63) is 65.1 Å². The van der Waals surface area contributed by atoms with Gasteiger partial charge < -0.3 is 9.84 Å². The van der Waals surface area contributed by atoms with Crippen LogP contribution in [0.5, 0.6) is 11.5 Å². The number of ether oxygens (including phenoxy) is 1. The standard InChI is InChI=1S/C13H12NO5/c15-13(19-14(16)17)10-6-8-12(9-7-10)18-11-4-2-1-3-5-11/h1-9,13,15H,(H,16,17)/q+1. The van der Waals surface area contributed by atoms with E-state index in [1.54, 1.807) is 12.1 Å². The molecule has 2 N–H and O–H groups in total. The van der Waals surface area contributed by atoms with E-state index in [1.807, 2.05) is 30.3 Å². The van der Waals surface area contributed by atoms with Crippen molar-refractivity contribution in [3.63, 3.8) is 0 Å². The highest BCUT2D eigenvalue weighted by atomic mass is 17.0. The maximum Gasteiger partial charge on any atom is 0.478 e. The lowest BCUT2D eigenvalue weighted by Crippen LogP contribution is -2.10. The van der Waals surface area contributed by atoms with Crippen LogP contribution in [0.15, 0.2) is 54.6 Å². The van der Waals surface area contributed by atoms with Gasteiger partial charge in [0.05, 0.1) is 0 Å². The minimum atomic E-state index is -1.53. The number of nitrogens with zero attached hydrogens (tertiary/aromatic N) is 1. The molecule has 0 aromatic heterocycles. The second kappa shape index (κ2) is 5.83. The Balaban J connectivity index is 2.04. The average Bonchev–Trinajstić information content (AvgIpc) is 2.40. The van der Waals surface area contributed by atoms with Crippen LogP contribution in [-0.2, 0) is 4.84 Å². The van der Waals surface area contributed by atoms with E-state index in [0.717, 1.165) is 0 Å². The van der Waals surface area contributed by atoms with Crippen molar-refractivity contribution >= 4 is 0 Å². The van der Waals surface area contributed by atoms with Crippen molar-refractivity contribution in [1.82, 2.24) is 0 Å². The zero-order valence-electron chi connectivity index (χ0n) is 9.84. The lowest BCUT2D eigenvalue weighted by Gasteiger charge is -2.07. The number of benzene rings is 2. The molecule has 0 bridgehead atoms. The van der Waals surface area contributed by atoms with E-state index in [0.29, 0.717) is 17.1 Å². The molecule has 2 rings (SSSR count). The lowest BCUT2D eigenvalue weighted by atomic mass is 10.2. The van der Waals surface area contributed by atoms with Crippen LogP contribution in [0.4, 0.5) is 0 Å². The van der Waals surface area contributed by atoms with E-state index in [4.69, 9.17) is 9.94 Å².